The van der Waals surface area contributed by atoms with E-state index in [2.05, 4.69) is 28.9 Å². The van der Waals surface area contributed by atoms with Crippen LogP contribution in [-0.2, 0) is 0 Å². The van der Waals surface area contributed by atoms with Gasteiger partial charge in [-0.2, -0.15) is 0 Å². The highest BCUT2D eigenvalue weighted by atomic mass is 15.3. The van der Waals surface area contributed by atoms with Crippen molar-refractivity contribution in [1.29, 1.82) is 0 Å². The molecule has 20 heavy (non-hydrogen) atoms. The van der Waals surface area contributed by atoms with Gasteiger partial charge in [-0.3, -0.25) is 4.90 Å². The zero-order chi connectivity index (χ0) is 13.8. The third-order valence-corrected chi connectivity index (χ3v) is 5.73. The smallest absolute Gasteiger partial charge is 0.0113 e. The summed E-state index contributed by atoms with van der Waals surface area (Å²) in [7, 11) is 0. The van der Waals surface area contributed by atoms with Crippen LogP contribution in [-0.4, -0.2) is 48.6 Å². The number of piperazine rings is 1. The second-order valence-electron chi connectivity index (χ2n) is 7.41. The van der Waals surface area contributed by atoms with Crippen LogP contribution in [0.15, 0.2) is 12.2 Å². The summed E-state index contributed by atoms with van der Waals surface area (Å²) in [5.41, 5.74) is 0. The summed E-state index contributed by atoms with van der Waals surface area (Å²) in [5, 5.41) is 0. The molecule has 3 atom stereocenters. The van der Waals surface area contributed by atoms with Gasteiger partial charge in [0.25, 0.3) is 0 Å². The third-order valence-electron chi connectivity index (χ3n) is 5.73. The molecule has 0 aromatic carbocycles. The van der Waals surface area contributed by atoms with Gasteiger partial charge < -0.3 is 4.90 Å². The van der Waals surface area contributed by atoms with Crippen LogP contribution in [0.1, 0.15) is 51.9 Å². The Labute approximate surface area is 125 Å². The molecule has 0 aromatic heterocycles. The maximum atomic E-state index is 2.80. The van der Waals surface area contributed by atoms with Crippen molar-refractivity contribution >= 4 is 0 Å². The van der Waals surface area contributed by atoms with Crippen LogP contribution in [0.2, 0.25) is 0 Å². The highest BCUT2D eigenvalue weighted by Gasteiger charge is 2.28. The van der Waals surface area contributed by atoms with Gasteiger partial charge in [-0.25, -0.2) is 0 Å². The van der Waals surface area contributed by atoms with Crippen molar-refractivity contribution in [3.63, 3.8) is 0 Å². The predicted octanol–water partition coefficient (Wildman–Crippen LogP) is 3.54. The van der Waals surface area contributed by atoms with Crippen molar-refractivity contribution < 1.29 is 0 Å². The molecule has 1 saturated carbocycles. The third kappa shape index (κ3) is 3.85. The fourth-order valence-electron chi connectivity index (χ4n) is 4.43. The molecule has 2 fully saturated rings. The van der Waals surface area contributed by atoms with E-state index in [9.17, 15) is 0 Å². The van der Waals surface area contributed by atoms with Gasteiger partial charge in [0.05, 0.1) is 0 Å². The maximum absolute atomic E-state index is 2.80. The Morgan fingerprint density at radius 1 is 1.00 bits per heavy atom. The molecule has 1 heterocycles. The Morgan fingerprint density at radius 2 is 1.85 bits per heavy atom. The zero-order valence-electron chi connectivity index (χ0n) is 13.3. The second kappa shape index (κ2) is 7.09. The van der Waals surface area contributed by atoms with Crippen molar-refractivity contribution in [3.8, 4) is 0 Å². The molecule has 0 bridgehead atoms. The number of rotatable bonds is 3. The first-order valence-electron chi connectivity index (χ1n) is 8.92. The standard InChI is InChI=1S/C18H32N2/c1-16-6-5-9-18(14-16)20-12-10-19(11-13-20)15-17-7-3-2-4-8-17/h2-3,16-18H,4-15H2,1H3/t16-,17-,18+/m0/s1. The highest BCUT2D eigenvalue weighted by Crippen LogP contribution is 2.28. The lowest BCUT2D eigenvalue weighted by Gasteiger charge is -2.42. The van der Waals surface area contributed by atoms with Crippen molar-refractivity contribution in [1.82, 2.24) is 9.80 Å². The van der Waals surface area contributed by atoms with Crippen LogP contribution >= 0.6 is 0 Å². The van der Waals surface area contributed by atoms with Gasteiger partial charge in [0.1, 0.15) is 0 Å². The second-order valence-corrected chi connectivity index (χ2v) is 7.41. The maximum Gasteiger partial charge on any atom is 0.0113 e. The van der Waals surface area contributed by atoms with Crippen molar-refractivity contribution in [2.45, 2.75) is 57.9 Å². The van der Waals surface area contributed by atoms with Gasteiger partial charge in [0, 0.05) is 38.8 Å². The van der Waals surface area contributed by atoms with Crippen molar-refractivity contribution in [2.24, 2.45) is 11.8 Å². The van der Waals surface area contributed by atoms with Crippen LogP contribution in [0.4, 0.5) is 0 Å². The Kier molecular flexibility index (Phi) is 5.17. The molecule has 0 aromatic rings. The highest BCUT2D eigenvalue weighted by molar-refractivity contribution is 4.91. The normalized spacial score (nSPS) is 37.1. The van der Waals surface area contributed by atoms with Crippen LogP contribution in [0.3, 0.4) is 0 Å². The van der Waals surface area contributed by atoms with Crippen molar-refractivity contribution in [2.75, 3.05) is 32.7 Å². The van der Waals surface area contributed by atoms with Gasteiger partial charge in [0.2, 0.25) is 0 Å². The van der Waals surface area contributed by atoms with E-state index in [0.717, 1.165) is 17.9 Å². The van der Waals surface area contributed by atoms with E-state index >= 15 is 0 Å². The number of hydrogen-bond donors (Lipinski definition) is 0. The lowest BCUT2D eigenvalue weighted by molar-refractivity contribution is 0.0613. The summed E-state index contributed by atoms with van der Waals surface area (Å²) in [6.45, 7) is 9.05. The zero-order valence-corrected chi connectivity index (χ0v) is 13.3. The average molecular weight is 276 g/mol. The minimum atomic E-state index is 0.901. The molecule has 114 valence electrons. The first-order valence-corrected chi connectivity index (χ1v) is 8.92. The first kappa shape index (κ1) is 14.6. The topological polar surface area (TPSA) is 6.48 Å². The summed E-state index contributed by atoms with van der Waals surface area (Å²) in [4.78, 5) is 5.53. The molecule has 0 unspecified atom stereocenters. The molecule has 2 nitrogen and oxygen atoms in total. The lowest BCUT2D eigenvalue weighted by atomic mass is 9.86. The molecule has 1 aliphatic heterocycles. The summed E-state index contributed by atoms with van der Waals surface area (Å²) < 4.78 is 0. The molecule has 0 radical (unpaired) electrons. The SMILES string of the molecule is C[C@H]1CCC[C@@H](N2CCN(C[C@H]3CC=CCC3)CC2)C1. The fourth-order valence-corrected chi connectivity index (χ4v) is 4.43. The van der Waals surface area contributed by atoms with E-state index in [1.807, 2.05) is 0 Å². The summed E-state index contributed by atoms with van der Waals surface area (Å²) in [5.74, 6) is 1.89. The van der Waals surface area contributed by atoms with E-state index in [4.69, 9.17) is 0 Å². The Morgan fingerprint density at radius 3 is 2.55 bits per heavy atom. The van der Waals surface area contributed by atoms with Gasteiger partial charge in [-0.05, 0) is 43.9 Å². The number of nitrogens with zero attached hydrogens (tertiary/aromatic N) is 2. The lowest BCUT2D eigenvalue weighted by Crippen LogP contribution is -2.52. The van der Waals surface area contributed by atoms with Gasteiger partial charge in [-0.15, -0.1) is 0 Å². The summed E-state index contributed by atoms with van der Waals surface area (Å²) in [6, 6.07) is 0.901. The monoisotopic (exact) mass is 276 g/mol. The Hall–Kier alpha value is -0.340. The quantitative estimate of drug-likeness (QED) is 0.728. The van der Waals surface area contributed by atoms with Crippen molar-refractivity contribution in [3.05, 3.63) is 12.2 Å². The minimum absolute atomic E-state index is 0.901. The molecule has 0 spiro atoms. The number of allylic oxidation sites excluding steroid dienone is 2. The minimum Gasteiger partial charge on any atom is -0.301 e. The van der Waals surface area contributed by atoms with Crippen LogP contribution in [0, 0.1) is 11.8 Å². The molecule has 2 heteroatoms. The van der Waals surface area contributed by atoms with E-state index in [0.29, 0.717) is 0 Å². The number of hydrogen-bond acceptors (Lipinski definition) is 2. The van der Waals surface area contributed by atoms with E-state index in [1.54, 1.807) is 0 Å². The molecule has 2 aliphatic carbocycles. The Balaban J connectivity index is 1.41. The molecule has 0 N–H and O–H groups in total. The first-order chi connectivity index (χ1) is 9.81. The molecule has 3 aliphatic rings. The molecule has 3 rings (SSSR count). The van der Waals surface area contributed by atoms with E-state index in [-0.39, 0.29) is 0 Å². The molecular formula is C18H32N2. The van der Waals surface area contributed by atoms with Gasteiger partial charge >= 0.3 is 0 Å². The summed E-state index contributed by atoms with van der Waals surface area (Å²) in [6.07, 6.45) is 14.6. The molecule has 1 saturated heterocycles. The van der Waals surface area contributed by atoms with Gasteiger partial charge in [-0.1, -0.05) is 31.9 Å². The van der Waals surface area contributed by atoms with Crippen LogP contribution in [0.25, 0.3) is 0 Å². The van der Waals surface area contributed by atoms with E-state index in [1.165, 1.54) is 77.7 Å². The predicted molar refractivity (Wildman–Crippen MR) is 85.9 cm³/mol. The molecular weight excluding hydrogens is 244 g/mol. The Bertz CT molecular complexity index is 317. The van der Waals surface area contributed by atoms with Crippen LogP contribution in [0.5, 0.6) is 0 Å². The molecule has 0 amide bonds. The fraction of sp³-hybridized carbons (Fsp3) is 0.889. The summed E-state index contributed by atoms with van der Waals surface area (Å²) >= 11 is 0. The van der Waals surface area contributed by atoms with Gasteiger partial charge in [0.15, 0.2) is 0 Å². The van der Waals surface area contributed by atoms with Crippen LogP contribution < -0.4 is 0 Å². The largest absolute Gasteiger partial charge is 0.301 e. The average Bonchev–Trinajstić information content (AvgIpc) is 2.49. The van der Waals surface area contributed by atoms with E-state index < -0.39 is 0 Å².